The maximum atomic E-state index is 11.7. The Labute approximate surface area is 106 Å². The molecule has 3 N–H and O–H groups in total. The molecule has 0 bridgehead atoms. The van der Waals surface area contributed by atoms with Gasteiger partial charge < -0.3 is 15.8 Å². The molecular weight excluding hydrogens is 236 g/mol. The topological polar surface area (TPSA) is 64.3 Å². The number of benzene rings is 1. The van der Waals surface area contributed by atoms with E-state index in [2.05, 4.69) is 5.32 Å². The Kier molecular flexibility index (Phi) is 6.04. The molecule has 0 aliphatic heterocycles. The fourth-order valence-corrected chi connectivity index (χ4v) is 1.69. The Morgan fingerprint density at radius 1 is 1.47 bits per heavy atom. The highest BCUT2D eigenvalue weighted by Crippen LogP contribution is 2.17. The van der Waals surface area contributed by atoms with Crippen molar-refractivity contribution in [3.8, 4) is 0 Å². The highest BCUT2D eigenvalue weighted by atomic mass is 32.2. The summed E-state index contributed by atoms with van der Waals surface area (Å²) in [5, 5.41) is 2.77. The van der Waals surface area contributed by atoms with Crippen LogP contribution >= 0.6 is 11.8 Å². The maximum absolute atomic E-state index is 11.7. The van der Waals surface area contributed by atoms with Gasteiger partial charge in [-0.2, -0.15) is 0 Å². The van der Waals surface area contributed by atoms with Gasteiger partial charge in [0.05, 0.1) is 6.04 Å². The van der Waals surface area contributed by atoms with Crippen LogP contribution in [0.25, 0.3) is 0 Å². The van der Waals surface area contributed by atoms with Crippen LogP contribution in [0.1, 0.15) is 6.42 Å². The molecule has 0 aliphatic rings. The molecule has 1 rings (SSSR count). The number of carbonyl (C=O) groups is 1. The number of thioether (sulfide) groups is 1. The summed E-state index contributed by atoms with van der Waals surface area (Å²) in [6, 6.07) is 7.12. The summed E-state index contributed by atoms with van der Waals surface area (Å²) in [6.07, 6.45) is 2.53. The normalized spacial score (nSPS) is 12.2. The number of anilines is 1. The van der Waals surface area contributed by atoms with Crippen LogP contribution < -0.4 is 11.1 Å². The van der Waals surface area contributed by atoms with Crippen molar-refractivity contribution in [2.24, 2.45) is 5.73 Å². The first kappa shape index (κ1) is 14.0. The van der Waals surface area contributed by atoms with E-state index < -0.39 is 6.04 Å². The Morgan fingerprint density at radius 2 is 2.12 bits per heavy atom. The van der Waals surface area contributed by atoms with Crippen molar-refractivity contribution < 1.29 is 9.53 Å². The molecule has 0 radical (unpaired) electrons. The Hall–Kier alpha value is -1.04. The average Bonchev–Trinajstić information content (AvgIpc) is 2.36. The standard InChI is InChI=1S/C12H18N2O2S/c1-16-8-7-11(13)12(15)14-9-3-5-10(17-2)6-4-9/h3-6,11H,7-8,13H2,1-2H3,(H,14,15). The number of carbonyl (C=O) groups excluding carboxylic acids is 1. The van der Waals surface area contributed by atoms with Gasteiger partial charge in [-0.1, -0.05) is 0 Å². The molecule has 0 saturated carbocycles. The van der Waals surface area contributed by atoms with Crippen LogP contribution in [0.5, 0.6) is 0 Å². The van der Waals surface area contributed by atoms with Gasteiger partial charge in [0.25, 0.3) is 0 Å². The van der Waals surface area contributed by atoms with Gasteiger partial charge in [-0.3, -0.25) is 4.79 Å². The minimum Gasteiger partial charge on any atom is -0.385 e. The summed E-state index contributed by atoms with van der Waals surface area (Å²) < 4.78 is 4.88. The molecule has 94 valence electrons. The largest absolute Gasteiger partial charge is 0.385 e. The number of nitrogens with two attached hydrogens (primary N) is 1. The monoisotopic (exact) mass is 254 g/mol. The van der Waals surface area contributed by atoms with E-state index in [1.807, 2.05) is 30.5 Å². The quantitative estimate of drug-likeness (QED) is 0.759. The van der Waals surface area contributed by atoms with Crippen molar-refractivity contribution in [2.75, 3.05) is 25.3 Å². The third-order valence-corrected chi connectivity index (χ3v) is 3.07. The first-order valence-electron chi connectivity index (χ1n) is 5.37. The van der Waals surface area contributed by atoms with Gasteiger partial charge in [-0.15, -0.1) is 11.8 Å². The van der Waals surface area contributed by atoms with Crippen LogP contribution in [-0.4, -0.2) is 31.9 Å². The second-order valence-corrected chi connectivity index (χ2v) is 4.49. The van der Waals surface area contributed by atoms with Crippen LogP contribution in [0, 0.1) is 0 Å². The molecule has 17 heavy (non-hydrogen) atoms. The van der Waals surface area contributed by atoms with Gasteiger partial charge in [0.2, 0.25) is 5.91 Å². The summed E-state index contributed by atoms with van der Waals surface area (Å²) in [6.45, 7) is 0.486. The van der Waals surface area contributed by atoms with Crippen LogP contribution in [-0.2, 0) is 9.53 Å². The number of rotatable bonds is 6. The minimum absolute atomic E-state index is 0.182. The number of ether oxygens (including phenoxy) is 1. The van der Waals surface area contributed by atoms with E-state index in [-0.39, 0.29) is 5.91 Å². The molecule has 1 amide bonds. The molecule has 5 heteroatoms. The number of methoxy groups -OCH3 is 1. The van der Waals surface area contributed by atoms with Crippen molar-refractivity contribution in [2.45, 2.75) is 17.4 Å². The molecule has 1 aromatic carbocycles. The predicted molar refractivity (Wildman–Crippen MR) is 71.3 cm³/mol. The molecule has 0 heterocycles. The van der Waals surface area contributed by atoms with E-state index in [1.165, 1.54) is 0 Å². The second kappa shape index (κ2) is 7.32. The Morgan fingerprint density at radius 3 is 2.65 bits per heavy atom. The lowest BCUT2D eigenvalue weighted by atomic mass is 10.2. The van der Waals surface area contributed by atoms with Gasteiger partial charge in [0.1, 0.15) is 0 Å². The van der Waals surface area contributed by atoms with E-state index in [1.54, 1.807) is 18.9 Å². The molecule has 1 atom stereocenters. The van der Waals surface area contributed by atoms with E-state index in [0.29, 0.717) is 13.0 Å². The van der Waals surface area contributed by atoms with Crippen molar-refractivity contribution >= 4 is 23.4 Å². The molecule has 0 spiro atoms. The summed E-state index contributed by atoms with van der Waals surface area (Å²) in [5.41, 5.74) is 6.48. The van der Waals surface area contributed by atoms with Gasteiger partial charge in [-0.05, 0) is 36.9 Å². The molecule has 4 nitrogen and oxygen atoms in total. The molecule has 1 aromatic rings. The fraction of sp³-hybridized carbons (Fsp3) is 0.417. The molecule has 0 saturated heterocycles. The van der Waals surface area contributed by atoms with E-state index in [4.69, 9.17) is 10.5 Å². The lowest BCUT2D eigenvalue weighted by Crippen LogP contribution is -2.36. The highest BCUT2D eigenvalue weighted by molar-refractivity contribution is 7.98. The van der Waals surface area contributed by atoms with Crippen LogP contribution in [0.4, 0.5) is 5.69 Å². The van der Waals surface area contributed by atoms with Crippen LogP contribution in [0.15, 0.2) is 29.2 Å². The first-order valence-corrected chi connectivity index (χ1v) is 6.59. The number of hydrogen-bond donors (Lipinski definition) is 2. The summed E-state index contributed by atoms with van der Waals surface area (Å²) in [7, 11) is 1.59. The predicted octanol–water partition coefficient (Wildman–Crippen LogP) is 1.71. The van der Waals surface area contributed by atoms with Crippen molar-refractivity contribution in [1.29, 1.82) is 0 Å². The summed E-state index contributed by atoms with van der Waals surface area (Å²) >= 11 is 1.66. The zero-order chi connectivity index (χ0) is 12.7. The SMILES string of the molecule is COCCC(N)C(=O)Nc1ccc(SC)cc1. The number of hydrogen-bond acceptors (Lipinski definition) is 4. The number of nitrogens with one attached hydrogen (secondary N) is 1. The molecule has 0 aliphatic carbocycles. The van der Waals surface area contributed by atoms with E-state index >= 15 is 0 Å². The zero-order valence-corrected chi connectivity index (χ0v) is 10.9. The average molecular weight is 254 g/mol. The maximum Gasteiger partial charge on any atom is 0.241 e. The second-order valence-electron chi connectivity index (χ2n) is 3.61. The van der Waals surface area contributed by atoms with Crippen molar-refractivity contribution in [1.82, 2.24) is 0 Å². The van der Waals surface area contributed by atoms with Crippen LogP contribution in [0.2, 0.25) is 0 Å². The van der Waals surface area contributed by atoms with Gasteiger partial charge in [0.15, 0.2) is 0 Å². The molecule has 0 fully saturated rings. The fourth-order valence-electron chi connectivity index (χ4n) is 1.29. The summed E-state index contributed by atoms with van der Waals surface area (Å²) in [5.74, 6) is -0.182. The molecule has 0 aromatic heterocycles. The Bertz CT molecular complexity index is 354. The molecule has 1 unspecified atom stereocenters. The van der Waals surface area contributed by atoms with Gasteiger partial charge in [0, 0.05) is 24.3 Å². The third kappa shape index (κ3) is 4.77. The highest BCUT2D eigenvalue weighted by Gasteiger charge is 2.12. The Balaban J connectivity index is 2.49. The first-order chi connectivity index (χ1) is 8.17. The lowest BCUT2D eigenvalue weighted by molar-refractivity contribution is -0.117. The van der Waals surface area contributed by atoms with E-state index in [0.717, 1.165) is 10.6 Å². The summed E-state index contributed by atoms with van der Waals surface area (Å²) in [4.78, 5) is 12.8. The smallest absolute Gasteiger partial charge is 0.241 e. The molecular formula is C12H18N2O2S. The van der Waals surface area contributed by atoms with Crippen molar-refractivity contribution in [3.05, 3.63) is 24.3 Å². The number of amides is 1. The van der Waals surface area contributed by atoms with Gasteiger partial charge >= 0.3 is 0 Å². The van der Waals surface area contributed by atoms with E-state index in [9.17, 15) is 4.79 Å². The van der Waals surface area contributed by atoms with Crippen LogP contribution in [0.3, 0.4) is 0 Å². The van der Waals surface area contributed by atoms with Gasteiger partial charge in [-0.25, -0.2) is 0 Å². The lowest BCUT2D eigenvalue weighted by Gasteiger charge is -2.11. The minimum atomic E-state index is -0.532. The zero-order valence-electron chi connectivity index (χ0n) is 10.1. The van der Waals surface area contributed by atoms with Crippen molar-refractivity contribution in [3.63, 3.8) is 0 Å². The third-order valence-electron chi connectivity index (χ3n) is 2.33.